The number of sulfonamides is 1. The summed E-state index contributed by atoms with van der Waals surface area (Å²) in [5, 5.41) is 0. The fourth-order valence-corrected chi connectivity index (χ4v) is 3.93. The molecule has 1 N–H and O–H groups in total. The zero-order chi connectivity index (χ0) is 13.3. The number of pyridine rings is 1. The number of hydrogen-bond donors (Lipinski definition) is 1. The van der Waals surface area contributed by atoms with Crippen molar-refractivity contribution in [3.05, 3.63) is 40.1 Å². The zero-order valence-corrected chi connectivity index (χ0v) is 11.5. The maximum Gasteiger partial charge on any atom is 0.272 e. The predicted molar refractivity (Wildman–Crippen MR) is 69.1 cm³/mol. The molecule has 0 fully saturated rings. The second-order valence-corrected chi connectivity index (χ2v) is 7.04. The summed E-state index contributed by atoms with van der Waals surface area (Å²) in [5.41, 5.74) is 0.675. The normalized spacial score (nSPS) is 11.5. The molecule has 0 bridgehead atoms. The highest BCUT2D eigenvalue weighted by molar-refractivity contribution is 7.94. The van der Waals surface area contributed by atoms with Crippen molar-refractivity contribution in [1.82, 2.24) is 4.98 Å². The van der Waals surface area contributed by atoms with Gasteiger partial charge in [-0.1, -0.05) is 17.7 Å². The third-order valence-corrected chi connectivity index (χ3v) is 5.44. The van der Waals surface area contributed by atoms with E-state index in [-0.39, 0.29) is 10.0 Å². The lowest BCUT2D eigenvalue weighted by molar-refractivity contribution is 0.585. The standard InChI is InChI=1S/C10H8ClFN2O2S2/c1-6-5-9(17-10(6)11)18(15,16)14-8-4-2-3-7(12)13-8/h2-5H,1H3,(H,13,14). The first-order valence-corrected chi connectivity index (χ1v) is 7.47. The molecule has 18 heavy (non-hydrogen) atoms. The van der Waals surface area contributed by atoms with Crippen LogP contribution in [0.25, 0.3) is 0 Å². The molecule has 2 heterocycles. The molecule has 4 nitrogen and oxygen atoms in total. The molecule has 2 aromatic rings. The molecule has 0 aliphatic rings. The molecule has 0 radical (unpaired) electrons. The highest BCUT2D eigenvalue weighted by Gasteiger charge is 2.19. The van der Waals surface area contributed by atoms with Gasteiger partial charge in [-0.05, 0) is 30.7 Å². The minimum atomic E-state index is -3.78. The van der Waals surface area contributed by atoms with Crippen LogP contribution >= 0.6 is 22.9 Å². The lowest BCUT2D eigenvalue weighted by atomic mass is 10.4. The molecular weight excluding hydrogens is 299 g/mol. The maximum absolute atomic E-state index is 12.8. The molecule has 0 amide bonds. The van der Waals surface area contributed by atoms with Crippen LogP contribution in [0.3, 0.4) is 0 Å². The van der Waals surface area contributed by atoms with E-state index in [1.165, 1.54) is 18.2 Å². The van der Waals surface area contributed by atoms with Gasteiger partial charge in [0.1, 0.15) is 10.0 Å². The average Bonchev–Trinajstić information content (AvgIpc) is 2.59. The Labute approximate surface area is 112 Å². The van der Waals surface area contributed by atoms with Crippen LogP contribution in [-0.2, 0) is 10.0 Å². The first kappa shape index (κ1) is 13.3. The van der Waals surface area contributed by atoms with E-state index >= 15 is 0 Å². The lowest BCUT2D eigenvalue weighted by Gasteiger charge is -2.04. The number of nitrogens with one attached hydrogen (secondary N) is 1. The van der Waals surface area contributed by atoms with E-state index in [9.17, 15) is 12.8 Å². The topological polar surface area (TPSA) is 59.1 Å². The highest BCUT2D eigenvalue weighted by atomic mass is 35.5. The van der Waals surface area contributed by atoms with Crippen LogP contribution in [0.2, 0.25) is 4.34 Å². The summed E-state index contributed by atoms with van der Waals surface area (Å²) in [5.74, 6) is -0.826. The van der Waals surface area contributed by atoms with Crippen molar-refractivity contribution in [1.29, 1.82) is 0 Å². The minimum absolute atomic E-state index is 0.0658. The number of aromatic nitrogens is 1. The molecule has 0 atom stereocenters. The van der Waals surface area contributed by atoms with Gasteiger partial charge >= 0.3 is 0 Å². The molecule has 0 aliphatic heterocycles. The summed E-state index contributed by atoms with van der Waals surface area (Å²) in [4.78, 5) is 3.43. The average molecular weight is 307 g/mol. The van der Waals surface area contributed by atoms with E-state index in [0.29, 0.717) is 9.90 Å². The van der Waals surface area contributed by atoms with Gasteiger partial charge in [-0.25, -0.2) is 13.4 Å². The van der Waals surface area contributed by atoms with Gasteiger partial charge < -0.3 is 0 Å². The van der Waals surface area contributed by atoms with Gasteiger partial charge in [0.2, 0.25) is 5.95 Å². The molecule has 2 aromatic heterocycles. The Balaban J connectivity index is 2.33. The molecule has 0 spiro atoms. The number of nitrogens with zero attached hydrogens (tertiary/aromatic N) is 1. The Morgan fingerprint density at radius 1 is 1.44 bits per heavy atom. The van der Waals surface area contributed by atoms with E-state index in [1.807, 2.05) is 0 Å². The summed E-state index contributed by atoms with van der Waals surface area (Å²) >= 11 is 6.75. The van der Waals surface area contributed by atoms with E-state index < -0.39 is 16.0 Å². The summed E-state index contributed by atoms with van der Waals surface area (Å²) < 4.78 is 39.4. The van der Waals surface area contributed by atoms with Gasteiger partial charge in [-0.3, -0.25) is 4.72 Å². The quantitative estimate of drug-likeness (QED) is 0.887. The van der Waals surface area contributed by atoms with Crippen molar-refractivity contribution in [3.8, 4) is 0 Å². The third-order valence-electron chi connectivity index (χ3n) is 2.05. The van der Waals surface area contributed by atoms with Gasteiger partial charge in [0.15, 0.2) is 0 Å². The molecule has 0 saturated heterocycles. The number of thiophene rings is 1. The first-order chi connectivity index (χ1) is 8.38. The second-order valence-electron chi connectivity index (χ2n) is 3.47. The van der Waals surface area contributed by atoms with Crippen molar-refractivity contribution >= 4 is 38.8 Å². The van der Waals surface area contributed by atoms with Crippen molar-refractivity contribution in [3.63, 3.8) is 0 Å². The van der Waals surface area contributed by atoms with Crippen LogP contribution in [0.1, 0.15) is 5.56 Å². The van der Waals surface area contributed by atoms with Gasteiger partial charge in [0, 0.05) is 0 Å². The number of rotatable bonds is 3. The van der Waals surface area contributed by atoms with E-state index in [1.54, 1.807) is 6.92 Å². The number of aryl methyl sites for hydroxylation is 1. The Bertz CT molecular complexity index is 665. The predicted octanol–water partition coefficient (Wildman–Crippen LogP) is 3.04. The van der Waals surface area contributed by atoms with Crippen LogP contribution in [0.4, 0.5) is 10.2 Å². The lowest BCUT2D eigenvalue weighted by Crippen LogP contribution is -2.12. The van der Waals surface area contributed by atoms with Crippen molar-refractivity contribution in [2.75, 3.05) is 4.72 Å². The largest absolute Gasteiger partial charge is 0.272 e. The summed E-state index contributed by atoms with van der Waals surface area (Å²) in [6.45, 7) is 1.71. The van der Waals surface area contributed by atoms with Crippen molar-refractivity contribution in [2.24, 2.45) is 0 Å². The molecular formula is C10H8ClFN2O2S2. The smallest absolute Gasteiger partial charge is 0.263 e. The Kier molecular flexibility index (Phi) is 3.56. The fraction of sp³-hybridized carbons (Fsp3) is 0.100. The fourth-order valence-electron chi connectivity index (χ4n) is 1.22. The molecule has 0 saturated carbocycles. The van der Waals surface area contributed by atoms with E-state index in [0.717, 1.165) is 17.4 Å². The zero-order valence-electron chi connectivity index (χ0n) is 9.15. The molecule has 0 aliphatic carbocycles. The van der Waals surface area contributed by atoms with E-state index in [2.05, 4.69) is 9.71 Å². The Hall–Kier alpha value is -1.18. The van der Waals surface area contributed by atoms with Crippen LogP contribution in [0, 0.1) is 12.9 Å². The molecule has 0 unspecified atom stereocenters. The third kappa shape index (κ3) is 2.80. The molecule has 8 heteroatoms. The number of halogens is 2. The van der Waals surface area contributed by atoms with Gasteiger partial charge in [-0.2, -0.15) is 4.39 Å². The second kappa shape index (κ2) is 4.83. The summed E-state index contributed by atoms with van der Waals surface area (Å²) in [7, 11) is -3.78. The Morgan fingerprint density at radius 3 is 2.72 bits per heavy atom. The Morgan fingerprint density at radius 2 is 2.17 bits per heavy atom. The number of hydrogen-bond acceptors (Lipinski definition) is 4. The number of anilines is 1. The highest BCUT2D eigenvalue weighted by Crippen LogP contribution is 2.30. The first-order valence-electron chi connectivity index (χ1n) is 4.80. The van der Waals surface area contributed by atoms with Crippen LogP contribution in [0.5, 0.6) is 0 Å². The molecule has 0 aromatic carbocycles. The van der Waals surface area contributed by atoms with Gasteiger partial charge in [0.05, 0.1) is 4.34 Å². The SMILES string of the molecule is Cc1cc(S(=O)(=O)Nc2cccc(F)n2)sc1Cl. The molecule has 2 rings (SSSR count). The monoisotopic (exact) mass is 306 g/mol. The van der Waals surface area contributed by atoms with Crippen molar-refractivity contribution < 1.29 is 12.8 Å². The van der Waals surface area contributed by atoms with Crippen LogP contribution < -0.4 is 4.72 Å². The van der Waals surface area contributed by atoms with Crippen molar-refractivity contribution in [2.45, 2.75) is 11.1 Å². The summed E-state index contributed by atoms with van der Waals surface area (Å²) in [6, 6.07) is 5.31. The van der Waals surface area contributed by atoms with Crippen LogP contribution in [-0.4, -0.2) is 13.4 Å². The molecule has 96 valence electrons. The minimum Gasteiger partial charge on any atom is -0.263 e. The van der Waals surface area contributed by atoms with Crippen LogP contribution in [0.15, 0.2) is 28.5 Å². The maximum atomic E-state index is 12.8. The van der Waals surface area contributed by atoms with Gasteiger partial charge in [-0.15, -0.1) is 11.3 Å². The summed E-state index contributed by atoms with van der Waals surface area (Å²) in [6.07, 6.45) is 0. The van der Waals surface area contributed by atoms with E-state index in [4.69, 9.17) is 11.6 Å². The van der Waals surface area contributed by atoms with Gasteiger partial charge in [0.25, 0.3) is 10.0 Å².